The Morgan fingerprint density at radius 3 is 2.50 bits per heavy atom. The number of carbonyl (C=O) groups is 1. The molecule has 3 rings (SSSR count). The van der Waals surface area contributed by atoms with Crippen LogP contribution >= 0.6 is 0 Å². The maximum atomic E-state index is 12.3. The van der Waals surface area contributed by atoms with Gasteiger partial charge in [0.15, 0.2) is 5.82 Å². The smallest absolute Gasteiger partial charge is 0.321 e. The van der Waals surface area contributed by atoms with Crippen LogP contribution in [0.25, 0.3) is 0 Å². The molecule has 0 spiro atoms. The molecule has 0 atom stereocenters. The lowest BCUT2D eigenvalue weighted by molar-refractivity contribution is -0.126. The molecule has 0 aromatic carbocycles. The fourth-order valence-corrected chi connectivity index (χ4v) is 3.47. The summed E-state index contributed by atoms with van der Waals surface area (Å²) in [4.78, 5) is 27.6. The van der Waals surface area contributed by atoms with Gasteiger partial charge in [-0.1, -0.05) is 19.3 Å². The van der Waals surface area contributed by atoms with E-state index in [1.54, 1.807) is 7.11 Å². The zero-order chi connectivity index (χ0) is 16.8. The third-order valence-electron chi connectivity index (χ3n) is 4.87. The van der Waals surface area contributed by atoms with Crippen molar-refractivity contribution < 1.29 is 9.53 Å². The van der Waals surface area contributed by atoms with Crippen molar-refractivity contribution >= 4 is 11.9 Å². The van der Waals surface area contributed by atoms with Crippen LogP contribution in [0.1, 0.15) is 57.2 Å². The number of piperidine rings is 1. The summed E-state index contributed by atoms with van der Waals surface area (Å²) in [6.45, 7) is 2.25. The predicted octanol–water partition coefficient (Wildman–Crippen LogP) is 2.07. The zero-order valence-corrected chi connectivity index (χ0v) is 14.5. The van der Waals surface area contributed by atoms with Gasteiger partial charge in [0, 0.05) is 19.0 Å². The minimum Gasteiger partial charge on any atom is -0.467 e. The summed E-state index contributed by atoms with van der Waals surface area (Å²) in [6.07, 6.45) is 9.09. The number of anilines is 1. The van der Waals surface area contributed by atoms with Gasteiger partial charge in [0.2, 0.25) is 11.9 Å². The lowest BCUT2D eigenvalue weighted by atomic mass is 9.89. The fraction of sp³-hybridized carbons (Fsp3) is 0.765. The normalized spacial score (nSPS) is 19.1. The zero-order valence-electron chi connectivity index (χ0n) is 14.5. The number of hydrogen-bond acceptors (Lipinski definition) is 6. The van der Waals surface area contributed by atoms with Crippen molar-refractivity contribution in [2.45, 2.75) is 57.9 Å². The Morgan fingerprint density at radius 2 is 1.79 bits per heavy atom. The molecule has 7 heteroatoms. The molecule has 2 heterocycles. The number of methoxy groups -OCH3 is 1. The summed E-state index contributed by atoms with van der Waals surface area (Å²) >= 11 is 0. The molecule has 132 valence electrons. The number of rotatable bonds is 5. The minimum atomic E-state index is 0.119. The highest BCUT2D eigenvalue weighted by Crippen LogP contribution is 2.23. The largest absolute Gasteiger partial charge is 0.467 e. The van der Waals surface area contributed by atoms with E-state index in [0.29, 0.717) is 24.3 Å². The summed E-state index contributed by atoms with van der Waals surface area (Å²) in [5.74, 6) is 1.48. The van der Waals surface area contributed by atoms with E-state index in [-0.39, 0.29) is 11.8 Å². The van der Waals surface area contributed by atoms with Crippen molar-refractivity contribution in [1.29, 1.82) is 0 Å². The van der Waals surface area contributed by atoms with Crippen LogP contribution in [-0.4, -0.2) is 41.1 Å². The van der Waals surface area contributed by atoms with E-state index in [9.17, 15) is 4.79 Å². The number of nitrogens with zero attached hydrogens (tertiary/aromatic N) is 4. The van der Waals surface area contributed by atoms with Gasteiger partial charge in [0.05, 0.1) is 13.7 Å². The van der Waals surface area contributed by atoms with Crippen LogP contribution < -0.4 is 15.0 Å². The van der Waals surface area contributed by atoms with Crippen molar-refractivity contribution in [2.75, 3.05) is 25.1 Å². The van der Waals surface area contributed by atoms with Crippen LogP contribution in [-0.2, 0) is 11.3 Å². The van der Waals surface area contributed by atoms with E-state index in [1.807, 2.05) is 0 Å². The van der Waals surface area contributed by atoms with Crippen LogP contribution in [0.5, 0.6) is 6.01 Å². The molecule has 24 heavy (non-hydrogen) atoms. The van der Waals surface area contributed by atoms with E-state index >= 15 is 0 Å². The lowest BCUT2D eigenvalue weighted by Crippen LogP contribution is -2.33. The second kappa shape index (κ2) is 8.26. The average molecular weight is 333 g/mol. The van der Waals surface area contributed by atoms with Gasteiger partial charge in [-0.2, -0.15) is 15.0 Å². The van der Waals surface area contributed by atoms with Gasteiger partial charge in [0.1, 0.15) is 0 Å². The number of carbonyl (C=O) groups excluding carboxylic acids is 1. The second-order valence-corrected chi connectivity index (χ2v) is 6.64. The van der Waals surface area contributed by atoms with Gasteiger partial charge in [-0.15, -0.1) is 0 Å². The van der Waals surface area contributed by atoms with E-state index in [4.69, 9.17) is 4.74 Å². The van der Waals surface area contributed by atoms with Crippen LogP contribution in [0.2, 0.25) is 0 Å². The molecule has 1 aromatic rings. The Kier molecular flexibility index (Phi) is 5.82. The molecular formula is C17H27N5O2. The molecular weight excluding hydrogens is 306 g/mol. The van der Waals surface area contributed by atoms with E-state index in [2.05, 4.69) is 25.2 Å². The highest BCUT2D eigenvalue weighted by molar-refractivity contribution is 5.78. The first-order valence-corrected chi connectivity index (χ1v) is 9.08. The van der Waals surface area contributed by atoms with Crippen molar-refractivity contribution in [3.05, 3.63) is 5.82 Å². The Balaban J connectivity index is 1.64. The highest BCUT2D eigenvalue weighted by atomic mass is 16.5. The van der Waals surface area contributed by atoms with Crippen molar-refractivity contribution in [1.82, 2.24) is 20.3 Å². The Morgan fingerprint density at radius 1 is 1.08 bits per heavy atom. The first-order chi connectivity index (χ1) is 11.8. The predicted molar refractivity (Wildman–Crippen MR) is 90.9 cm³/mol. The van der Waals surface area contributed by atoms with Gasteiger partial charge < -0.3 is 15.0 Å². The molecule has 0 unspecified atom stereocenters. The van der Waals surface area contributed by atoms with Crippen molar-refractivity contribution in [3.63, 3.8) is 0 Å². The Labute approximate surface area is 143 Å². The number of hydrogen-bond donors (Lipinski definition) is 1. The second-order valence-electron chi connectivity index (χ2n) is 6.64. The van der Waals surface area contributed by atoms with Gasteiger partial charge in [-0.25, -0.2) is 0 Å². The lowest BCUT2D eigenvalue weighted by Gasteiger charge is -2.26. The molecule has 1 aromatic heterocycles. The maximum Gasteiger partial charge on any atom is 0.321 e. The quantitative estimate of drug-likeness (QED) is 0.888. The summed E-state index contributed by atoms with van der Waals surface area (Å²) < 4.78 is 5.21. The molecule has 1 saturated heterocycles. The molecule has 0 radical (unpaired) electrons. The monoisotopic (exact) mass is 333 g/mol. The molecule has 2 aliphatic rings. The number of aromatic nitrogens is 3. The summed E-state index contributed by atoms with van der Waals surface area (Å²) in [7, 11) is 1.56. The Bertz CT molecular complexity index is 554. The van der Waals surface area contributed by atoms with E-state index < -0.39 is 0 Å². The van der Waals surface area contributed by atoms with Crippen LogP contribution in [0.3, 0.4) is 0 Å². The van der Waals surface area contributed by atoms with Gasteiger partial charge in [-0.05, 0) is 32.1 Å². The Hall–Kier alpha value is -1.92. The third kappa shape index (κ3) is 4.33. The fourth-order valence-electron chi connectivity index (χ4n) is 3.47. The van der Waals surface area contributed by atoms with Crippen LogP contribution in [0.15, 0.2) is 0 Å². The highest BCUT2D eigenvalue weighted by Gasteiger charge is 2.21. The summed E-state index contributed by atoms with van der Waals surface area (Å²) in [5, 5.41) is 2.98. The van der Waals surface area contributed by atoms with E-state index in [0.717, 1.165) is 51.6 Å². The van der Waals surface area contributed by atoms with Gasteiger partial charge in [-0.3, -0.25) is 4.79 Å². The maximum absolute atomic E-state index is 12.3. The third-order valence-corrected chi connectivity index (χ3v) is 4.87. The van der Waals surface area contributed by atoms with Crippen LogP contribution in [0.4, 0.5) is 5.95 Å². The molecule has 1 amide bonds. The molecule has 1 saturated carbocycles. The number of nitrogens with one attached hydrogen (secondary N) is 1. The molecule has 1 N–H and O–H groups in total. The van der Waals surface area contributed by atoms with E-state index in [1.165, 1.54) is 12.8 Å². The molecule has 1 aliphatic heterocycles. The van der Waals surface area contributed by atoms with Crippen molar-refractivity contribution in [2.24, 2.45) is 5.92 Å². The molecule has 1 aliphatic carbocycles. The van der Waals surface area contributed by atoms with Gasteiger partial charge in [0.25, 0.3) is 0 Å². The van der Waals surface area contributed by atoms with Crippen molar-refractivity contribution in [3.8, 4) is 6.01 Å². The standard InChI is InChI=1S/C17H27N5O2/c1-24-17-20-14(12-18-15(23)13-8-4-2-5-9-13)19-16(21-17)22-10-6-3-7-11-22/h13H,2-12H2,1H3,(H,18,23). The molecule has 0 bridgehead atoms. The SMILES string of the molecule is COc1nc(CNC(=O)C2CCCCC2)nc(N2CCCCC2)n1. The summed E-state index contributed by atoms with van der Waals surface area (Å²) in [5.41, 5.74) is 0. The minimum absolute atomic E-state index is 0.119. The molecule has 2 fully saturated rings. The first-order valence-electron chi connectivity index (χ1n) is 9.08. The average Bonchev–Trinajstić information content (AvgIpc) is 2.67. The number of amides is 1. The van der Waals surface area contributed by atoms with Crippen LogP contribution in [0, 0.1) is 5.92 Å². The first kappa shape index (κ1) is 16.9. The van der Waals surface area contributed by atoms with Gasteiger partial charge >= 0.3 is 6.01 Å². The number of ether oxygens (including phenoxy) is 1. The topological polar surface area (TPSA) is 80.2 Å². The summed E-state index contributed by atoms with van der Waals surface area (Å²) in [6, 6.07) is 0.312. The molecule has 7 nitrogen and oxygen atoms in total.